The van der Waals surface area contributed by atoms with Gasteiger partial charge < -0.3 is 5.73 Å². The summed E-state index contributed by atoms with van der Waals surface area (Å²) >= 11 is 3.36. The monoisotopic (exact) mass is 334 g/mol. The summed E-state index contributed by atoms with van der Waals surface area (Å²) in [5, 5.41) is 0. The van der Waals surface area contributed by atoms with Crippen molar-refractivity contribution < 1.29 is 4.39 Å². The Labute approximate surface area is 123 Å². The van der Waals surface area contributed by atoms with Gasteiger partial charge in [-0.3, -0.25) is 4.57 Å². The lowest BCUT2D eigenvalue weighted by Crippen LogP contribution is -2.11. The zero-order valence-electron chi connectivity index (χ0n) is 10.7. The number of nitrogen functional groups attached to an aromatic ring is 1. The molecule has 102 valence electrons. The summed E-state index contributed by atoms with van der Waals surface area (Å²) in [6, 6.07) is 8.16. The summed E-state index contributed by atoms with van der Waals surface area (Å²) in [6.45, 7) is 1.94. The maximum atomic E-state index is 13.4. The second kappa shape index (κ2) is 4.86. The quantitative estimate of drug-likeness (QED) is 0.779. The highest BCUT2D eigenvalue weighted by Crippen LogP contribution is 2.27. The van der Waals surface area contributed by atoms with Gasteiger partial charge in [0, 0.05) is 10.7 Å². The van der Waals surface area contributed by atoms with Crippen molar-refractivity contribution in [2.75, 3.05) is 5.73 Å². The Morgan fingerprint density at radius 2 is 2.15 bits per heavy atom. The molecule has 2 N–H and O–H groups in total. The van der Waals surface area contributed by atoms with E-state index in [0.29, 0.717) is 17.1 Å². The zero-order chi connectivity index (χ0) is 14.3. The first kappa shape index (κ1) is 13.1. The SMILES string of the molecule is CC(c1cccc(F)c1)n1c(N)nc2cc(Br)cnc21. The number of halogens is 2. The zero-order valence-corrected chi connectivity index (χ0v) is 12.3. The van der Waals surface area contributed by atoms with Gasteiger partial charge in [-0.1, -0.05) is 12.1 Å². The fraction of sp³-hybridized carbons (Fsp3) is 0.143. The van der Waals surface area contributed by atoms with E-state index in [-0.39, 0.29) is 11.9 Å². The van der Waals surface area contributed by atoms with Crippen molar-refractivity contribution in [3.63, 3.8) is 0 Å². The molecule has 4 nitrogen and oxygen atoms in total. The fourth-order valence-corrected chi connectivity index (χ4v) is 2.59. The summed E-state index contributed by atoms with van der Waals surface area (Å²) < 4.78 is 16.0. The minimum atomic E-state index is -0.270. The third-order valence-electron chi connectivity index (χ3n) is 3.24. The number of nitrogens with two attached hydrogens (primary N) is 1. The van der Waals surface area contributed by atoms with Crippen molar-refractivity contribution in [1.82, 2.24) is 14.5 Å². The van der Waals surface area contributed by atoms with Crippen molar-refractivity contribution in [3.8, 4) is 0 Å². The van der Waals surface area contributed by atoms with Gasteiger partial charge in [0.25, 0.3) is 0 Å². The number of rotatable bonds is 2. The number of hydrogen-bond donors (Lipinski definition) is 1. The van der Waals surface area contributed by atoms with E-state index in [1.165, 1.54) is 12.1 Å². The van der Waals surface area contributed by atoms with Gasteiger partial charge in [0.15, 0.2) is 5.65 Å². The van der Waals surface area contributed by atoms with E-state index < -0.39 is 0 Å². The smallest absolute Gasteiger partial charge is 0.203 e. The Bertz CT molecular complexity index is 784. The highest BCUT2D eigenvalue weighted by atomic mass is 79.9. The van der Waals surface area contributed by atoms with Gasteiger partial charge in [-0.25, -0.2) is 14.4 Å². The third kappa shape index (κ3) is 2.16. The van der Waals surface area contributed by atoms with Crippen LogP contribution in [-0.4, -0.2) is 14.5 Å². The lowest BCUT2D eigenvalue weighted by molar-refractivity contribution is 0.611. The Kier molecular flexibility index (Phi) is 3.17. The first-order chi connectivity index (χ1) is 9.56. The lowest BCUT2D eigenvalue weighted by Gasteiger charge is -2.15. The van der Waals surface area contributed by atoms with Crippen molar-refractivity contribution in [2.45, 2.75) is 13.0 Å². The van der Waals surface area contributed by atoms with E-state index >= 15 is 0 Å². The molecular weight excluding hydrogens is 323 g/mol. The average molecular weight is 335 g/mol. The van der Waals surface area contributed by atoms with Crippen LogP contribution in [-0.2, 0) is 0 Å². The van der Waals surface area contributed by atoms with Gasteiger partial charge in [0.05, 0.1) is 6.04 Å². The predicted octanol–water partition coefficient (Wildman–Crippen LogP) is 3.52. The van der Waals surface area contributed by atoms with Gasteiger partial charge in [-0.2, -0.15) is 0 Å². The number of hydrogen-bond acceptors (Lipinski definition) is 3. The largest absolute Gasteiger partial charge is 0.369 e. The van der Waals surface area contributed by atoms with Gasteiger partial charge in [-0.15, -0.1) is 0 Å². The molecule has 0 amide bonds. The normalized spacial score (nSPS) is 12.8. The maximum absolute atomic E-state index is 13.4. The Morgan fingerprint density at radius 1 is 1.35 bits per heavy atom. The second-order valence-electron chi connectivity index (χ2n) is 4.57. The molecule has 0 aliphatic carbocycles. The lowest BCUT2D eigenvalue weighted by atomic mass is 10.1. The molecule has 0 aliphatic heterocycles. The van der Waals surface area contributed by atoms with Crippen LogP contribution in [0.1, 0.15) is 18.5 Å². The Hall–Kier alpha value is -1.95. The summed E-state index contributed by atoms with van der Waals surface area (Å²) in [5.74, 6) is 0.0930. The fourth-order valence-electron chi connectivity index (χ4n) is 2.27. The second-order valence-corrected chi connectivity index (χ2v) is 5.48. The molecule has 1 aromatic carbocycles. The van der Waals surface area contributed by atoms with Gasteiger partial charge >= 0.3 is 0 Å². The number of fused-ring (bicyclic) bond motifs is 1. The molecule has 0 spiro atoms. The van der Waals surface area contributed by atoms with Gasteiger partial charge in [0.2, 0.25) is 5.95 Å². The van der Waals surface area contributed by atoms with Crippen LogP contribution < -0.4 is 5.73 Å². The van der Waals surface area contributed by atoms with Crippen LogP contribution in [0.25, 0.3) is 11.2 Å². The average Bonchev–Trinajstić information content (AvgIpc) is 2.73. The molecule has 2 heterocycles. The van der Waals surface area contributed by atoms with E-state index in [1.807, 2.05) is 19.1 Å². The van der Waals surface area contributed by atoms with E-state index in [2.05, 4.69) is 25.9 Å². The van der Waals surface area contributed by atoms with E-state index in [0.717, 1.165) is 10.0 Å². The number of nitrogens with zero attached hydrogens (tertiary/aromatic N) is 3. The summed E-state index contributed by atoms with van der Waals surface area (Å²) in [7, 11) is 0. The Morgan fingerprint density at radius 3 is 2.90 bits per heavy atom. The number of benzene rings is 1. The van der Waals surface area contributed by atoms with Crippen LogP contribution in [0.2, 0.25) is 0 Å². The number of imidazole rings is 1. The molecule has 6 heteroatoms. The standard InChI is InChI=1S/C14H12BrFN4/c1-8(9-3-2-4-11(16)5-9)20-13-12(19-14(20)17)6-10(15)7-18-13/h2-8H,1H3,(H2,17,19). The number of pyridine rings is 1. The van der Waals surface area contributed by atoms with Crippen molar-refractivity contribution in [1.29, 1.82) is 0 Å². The molecule has 3 rings (SSSR count). The summed E-state index contributed by atoms with van der Waals surface area (Å²) in [6.07, 6.45) is 1.69. The minimum absolute atomic E-state index is 0.149. The summed E-state index contributed by atoms with van der Waals surface area (Å²) in [5.41, 5.74) is 8.19. The van der Waals surface area contributed by atoms with Gasteiger partial charge in [-0.05, 0) is 46.6 Å². The maximum Gasteiger partial charge on any atom is 0.203 e. The highest BCUT2D eigenvalue weighted by Gasteiger charge is 2.17. The number of anilines is 1. The van der Waals surface area contributed by atoms with E-state index in [1.54, 1.807) is 16.8 Å². The first-order valence-electron chi connectivity index (χ1n) is 6.10. The van der Waals surface area contributed by atoms with Crippen LogP contribution in [0.15, 0.2) is 41.0 Å². The minimum Gasteiger partial charge on any atom is -0.369 e. The van der Waals surface area contributed by atoms with Crippen LogP contribution >= 0.6 is 15.9 Å². The van der Waals surface area contributed by atoms with E-state index in [9.17, 15) is 4.39 Å². The number of aromatic nitrogens is 3. The molecule has 0 saturated carbocycles. The van der Waals surface area contributed by atoms with Crippen LogP contribution in [0.5, 0.6) is 0 Å². The molecule has 0 bridgehead atoms. The van der Waals surface area contributed by atoms with Gasteiger partial charge in [0.1, 0.15) is 11.3 Å². The molecule has 3 aromatic rings. The highest BCUT2D eigenvalue weighted by molar-refractivity contribution is 9.10. The van der Waals surface area contributed by atoms with E-state index in [4.69, 9.17) is 5.73 Å². The molecule has 0 radical (unpaired) electrons. The van der Waals surface area contributed by atoms with Crippen LogP contribution in [0.3, 0.4) is 0 Å². The van der Waals surface area contributed by atoms with Crippen molar-refractivity contribution in [2.24, 2.45) is 0 Å². The molecule has 20 heavy (non-hydrogen) atoms. The van der Waals surface area contributed by atoms with Crippen LogP contribution in [0.4, 0.5) is 10.3 Å². The Balaban J connectivity index is 2.16. The predicted molar refractivity (Wildman–Crippen MR) is 79.9 cm³/mol. The molecule has 2 aromatic heterocycles. The molecule has 0 aliphatic rings. The third-order valence-corrected chi connectivity index (χ3v) is 3.68. The molecule has 1 unspecified atom stereocenters. The molecular formula is C14H12BrFN4. The van der Waals surface area contributed by atoms with Crippen molar-refractivity contribution in [3.05, 3.63) is 52.4 Å². The molecule has 0 saturated heterocycles. The molecule has 0 fully saturated rings. The molecule has 1 atom stereocenters. The van der Waals surface area contributed by atoms with Crippen molar-refractivity contribution >= 4 is 33.0 Å². The van der Waals surface area contributed by atoms with Crippen LogP contribution in [0, 0.1) is 5.82 Å². The first-order valence-corrected chi connectivity index (χ1v) is 6.90. The topological polar surface area (TPSA) is 56.7 Å². The summed E-state index contributed by atoms with van der Waals surface area (Å²) in [4.78, 5) is 8.65.